The molecule has 1 aromatic carbocycles. The predicted octanol–water partition coefficient (Wildman–Crippen LogP) is 4.67. The summed E-state index contributed by atoms with van der Waals surface area (Å²) in [6.45, 7) is 5.54. The molecule has 1 amide bonds. The van der Waals surface area contributed by atoms with Gasteiger partial charge in [-0.05, 0) is 45.2 Å². The van der Waals surface area contributed by atoms with Crippen LogP contribution in [0.4, 0.5) is 0 Å². The van der Waals surface area contributed by atoms with Gasteiger partial charge in [0, 0.05) is 27.9 Å². The summed E-state index contributed by atoms with van der Waals surface area (Å²) in [6.07, 6.45) is 5.79. The van der Waals surface area contributed by atoms with E-state index < -0.39 is 29.3 Å². The lowest BCUT2D eigenvalue weighted by Crippen LogP contribution is -2.47. The third kappa shape index (κ3) is 4.73. The van der Waals surface area contributed by atoms with Crippen molar-refractivity contribution in [1.82, 2.24) is 5.32 Å². The summed E-state index contributed by atoms with van der Waals surface area (Å²) in [7, 11) is 0. The van der Waals surface area contributed by atoms with Crippen LogP contribution in [0, 0.1) is 17.8 Å². The normalized spacial score (nSPS) is 25.3. The molecule has 0 spiro atoms. The lowest BCUT2D eigenvalue weighted by atomic mass is 9.70. The van der Waals surface area contributed by atoms with Gasteiger partial charge < -0.3 is 10.1 Å². The number of benzene rings is 1. The van der Waals surface area contributed by atoms with Crippen LogP contribution in [0.3, 0.4) is 0 Å². The van der Waals surface area contributed by atoms with Gasteiger partial charge in [-0.3, -0.25) is 14.4 Å². The number of ether oxygens (including phenoxy) is 1. The molecule has 0 bridgehead atoms. The fourth-order valence-electron chi connectivity index (χ4n) is 4.89. The SMILES string of the molecule is CC[C@@H](C(=O)c1ccc(Br)cc1)[C@H]1[C@@H](C(=O)NC2CCCCC2)C(=O)OC1(C)C. The third-order valence-electron chi connectivity index (χ3n) is 6.35. The number of hydrogen-bond acceptors (Lipinski definition) is 4. The third-order valence-corrected chi connectivity index (χ3v) is 6.88. The predicted molar refractivity (Wildman–Crippen MR) is 114 cm³/mol. The molecule has 0 aromatic heterocycles. The van der Waals surface area contributed by atoms with Crippen LogP contribution in [0.1, 0.15) is 69.7 Å². The monoisotopic (exact) mass is 463 g/mol. The van der Waals surface area contributed by atoms with Gasteiger partial charge in [-0.1, -0.05) is 54.2 Å². The Bertz CT molecular complexity index is 768. The second kappa shape index (κ2) is 8.99. The zero-order valence-corrected chi connectivity index (χ0v) is 19.0. The van der Waals surface area contributed by atoms with Crippen molar-refractivity contribution in [2.75, 3.05) is 0 Å². The number of rotatable bonds is 6. The molecule has 1 saturated heterocycles. The summed E-state index contributed by atoms with van der Waals surface area (Å²) in [5.74, 6) is -2.78. The maximum Gasteiger partial charge on any atom is 0.319 e. The summed E-state index contributed by atoms with van der Waals surface area (Å²) < 4.78 is 6.51. The number of halogens is 1. The second-order valence-corrected chi connectivity index (χ2v) is 9.67. The summed E-state index contributed by atoms with van der Waals surface area (Å²) in [6, 6.07) is 7.31. The Balaban J connectivity index is 1.86. The van der Waals surface area contributed by atoms with Gasteiger partial charge in [0.25, 0.3) is 0 Å². The first-order chi connectivity index (χ1) is 13.7. The Labute approximate surface area is 181 Å². The molecule has 1 aliphatic carbocycles. The van der Waals surface area contributed by atoms with Crippen molar-refractivity contribution in [2.24, 2.45) is 17.8 Å². The molecule has 1 N–H and O–H groups in total. The molecule has 1 aromatic rings. The molecule has 1 heterocycles. The molecule has 3 atom stereocenters. The van der Waals surface area contributed by atoms with E-state index in [0.717, 1.165) is 30.2 Å². The Morgan fingerprint density at radius 1 is 1.17 bits per heavy atom. The number of amides is 1. The summed E-state index contributed by atoms with van der Waals surface area (Å²) in [5, 5.41) is 3.07. The van der Waals surface area contributed by atoms with Gasteiger partial charge in [0.1, 0.15) is 11.5 Å². The summed E-state index contributed by atoms with van der Waals surface area (Å²) in [5.41, 5.74) is -0.293. The van der Waals surface area contributed by atoms with Gasteiger partial charge in [-0.2, -0.15) is 0 Å². The van der Waals surface area contributed by atoms with E-state index in [1.807, 2.05) is 19.1 Å². The number of Topliss-reactive ketones (excluding diaryl/α,β-unsaturated/α-hetero) is 1. The average Bonchev–Trinajstić information content (AvgIpc) is 2.92. The molecule has 2 aliphatic rings. The lowest BCUT2D eigenvalue weighted by molar-refractivity contribution is -0.150. The Hall–Kier alpha value is -1.69. The first kappa shape index (κ1) is 22.0. The van der Waals surface area contributed by atoms with Gasteiger partial charge in [0.05, 0.1) is 0 Å². The van der Waals surface area contributed by atoms with Gasteiger partial charge in [-0.25, -0.2) is 0 Å². The number of nitrogens with one attached hydrogen (secondary N) is 1. The van der Waals surface area contributed by atoms with E-state index in [1.54, 1.807) is 26.0 Å². The van der Waals surface area contributed by atoms with Crippen molar-refractivity contribution < 1.29 is 19.1 Å². The van der Waals surface area contributed by atoms with Crippen LogP contribution >= 0.6 is 15.9 Å². The Morgan fingerprint density at radius 2 is 1.79 bits per heavy atom. The smallest absolute Gasteiger partial charge is 0.319 e. The molecule has 1 saturated carbocycles. The highest BCUT2D eigenvalue weighted by atomic mass is 79.9. The van der Waals surface area contributed by atoms with Crippen molar-refractivity contribution >= 4 is 33.6 Å². The highest BCUT2D eigenvalue weighted by Crippen LogP contribution is 2.44. The zero-order chi connectivity index (χ0) is 21.2. The van der Waals surface area contributed by atoms with E-state index in [4.69, 9.17) is 4.74 Å². The number of cyclic esters (lactones) is 1. The molecular formula is C23H30BrNO4. The van der Waals surface area contributed by atoms with Crippen LogP contribution < -0.4 is 5.32 Å². The fourth-order valence-corrected chi connectivity index (χ4v) is 5.16. The van der Waals surface area contributed by atoms with Crippen LogP contribution in [0.5, 0.6) is 0 Å². The number of hydrogen-bond donors (Lipinski definition) is 1. The second-order valence-electron chi connectivity index (χ2n) is 8.76. The minimum Gasteiger partial charge on any atom is -0.459 e. The molecular weight excluding hydrogens is 434 g/mol. The molecule has 2 fully saturated rings. The van der Waals surface area contributed by atoms with Crippen molar-refractivity contribution in [3.63, 3.8) is 0 Å². The highest BCUT2D eigenvalue weighted by molar-refractivity contribution is 9.10. The van der Waals surface area contributed by atoms with Crippen molar-refractivity contribution in [3.05, 3.63) is 34.3 Å². The number of esters is 1. The minimum atomic E-state index is -0.948. The largest absolute Gasteiger partial charge is 0.459 e. The number of carbonyl (C=O) groups excluding carboxylic acids is 3. The first-order valence-electron chi connectivity index (χ1n) is 10.6. The maximum atomic E-state index is 13.3. The molecule has 3 rings (SSSR count). The number of ketones is 1. The van der Waals surface area contributed by atoms with Gasteiger partial charge in [0.2, 0.25) is 5.91 Å². The van der Waals surface area contributed by atoms with Crippen LogP contribution in [0.25, 0.3) is 0 Å². The molecule has 5 nitrogen and oxygen atoms in total. The average molecular weight is 464 g/mol. The van der Waals surface area contributed by atoms with Crippen molar-refractivity contribution in [2.45, 2.75) is 70.9 Å². The maximum absolute atomic E-state index is 13.3. The molecule has 0 radical (unpaired) electrons. The van der Waals surface area contributed by atoms with Crippen LogP contribution in [0.2, 0.25) is 0 Å². The standard InChI is InChI=1S/C23H30BrNO4/c1-4-17(20(26)14-10-12-15(24)13-11-14)19-18(22(28)29-23(19,2)3)21(27)25-16-8-6-5-7-9-16/h10-13,16-19H,4-9H2,1-3H3,(H,25,27)/t17-,18+,19+/m1/s1. The van der Waals surface area contributed by atoms with E-state index in [9.17, 15) is 14.4 Å². The molecule has 6 heteroatoms. The van der Waals surface area contributed by atoms with Crippen LogP contribution in [0.15, 0.2) is 28.7 Å². The minimum absolute atomic E-state index is 0.0492. The van der Waals surface area contributed by atoms with E-state index in [1.165, 1.54) is 6.42 Å². The van der Waals surface area contributed by atoms with E-state index >= 15 is 0 Å². The topological polar surface area (TPSA) is 72.5 Å². The van der Waals surface area contributed by atoms with Gasteiger partial charge >= 0.3 is 5.97 Å². The molecule has 1 aliphatic heterocycles. The quantitative estimate of drug-likeness (QED) is 0.377. The zero-order valence-electron chi connectivity index (χ0n) is 17.4. The van der Waals surface area contributed by atoms with Gasteiger partial charge in [-0.15, -0.1) is 0 Å². The molecule has 0 unspecified atom stereocenters. The Kier molecular flexibility index (Phi) is 6.82. The molecule has 29 heavy (non-hydrogen) atoms. The Morgan fingerprint density at radius 3 is 2.38 bits per heavy atom. The van der Waals surface area contributed by atoms with Crippen molar-refractivity contribution in [1.29, 1.82) is 0 Å². The summed E-state index contributed by atoms with van der Waals surface area (Å²) in [4.78, 5) is 39.1. The summed E-state index contributed by atoms with van der Waals surface area (Å²) >= 11 is 3.39. The van der Waals surface area contributed by atoms with Crippen LogP contribution in [-0.4, -0.2) is 29.3 Å². The van der Waals surface area contributed by atoms with E-state index in [-0.39, 0.29) is 17.7 Å². The highest BCUT2D eigenvalue weighted by Gasteiger charge is 2.57. The first-order valence-corrected chi connectivity index (χ1v) is 11.4. The van der Waals surface area contributed by atoms with E-state index in [0.29, 0.717) is 12.0 Å². The van der Waals surface area contributed by atoms with Crippen LogP contribution in [-0.2, 0) is 14.3 Å². The fraction of sp³-hybridized carbons (Fsp3) is 0.609. The lowest BCUT2D eigenvalue weighted by Gasteiger charge is -2.33. The van der Waals surface area contributed by atoms with Gasteiger partial charge in [0.15, 0.2) is 5.78 Å². The van der Waals surface area contributed by atoms with Crippen molar-refractivity contribution in [3.8, 4) is 0 Å². The molecule has 158 valence electrons. The van der Waals surface area contributed by atoms with E-state index in [2.05, 4.69) is 21.2 Å². The number of carbonyl (C=O) groups is 3.